The van der Waals surface area contributed by atoms with E-state index in [1.807, 2.05) is 24.4 Å². The van der Waals surface area contributed by atoms with E-state index in [-0.39, 0.29) is 0 Å². The first-order valence-electron chi connectivity index (χ1n) is 9.59. The molecule has 2 heterocycles. The molecular formula is C24H23N3S. The number of hydrogen-bond acceptors (Lipinski definition) is 3. The van der Waals surface area contributed by atoms with Crippen LogP contribution in [-0.4, -0.2) is 9.66 Å². The topological polar surface area (TPSA) is 21.1 Å². The highest BCUT2D eigenvalue weighted by Crippen LogP contribution is 2.20. The van der Waals surface area contributed by atoms with Gasteiger partial charge in [0.25, 0.3) is 0 Å². The van der Waals surface area contributed by atoms with Gasteiger partial charge in [-0.15, -0.1) is 0 Å². The number of aromatic nitrogens is 2. The fraction of sp³-hybridized carbons (Fsp3) is 0.167. The molecule has 0 fully saturated rings. The molecule has 4 aromatic rings. The quantitative estimate of drug-likeness (QED) is 0.399. The molecule has 0 radical (unpaired) electrons. The van der Waals surface area contributed by atoms with Crippen molar-refractivity contribution in [1.82, 2.24) is 9.66 Å². The lowest BCUT2D eigenvalue weighted by Crippen LogP contribution is -2.35. The summed E-state index contributed by atoms with van der Waals surface area (Å²) in [7, 11) is 0. The molecule has 0 spiro atoms. The third-order valence-corrected chi connectivity index (χ3v) is 5.33. The molecule has 0 saturated carbocycles. The van der Waals surface area contributed by atoms with E-state index in [4.69, 9.17) is 12.2 Å². The molecular weight excluding hydrogens is 362 g/mol. The van der Waals surface area contributed by atoms with Crippen LogP contribution >= 0.6 is 12.2 Å². The molecule has 0 aliphatic carbocycles. The standard InChI is InChI=1S/C24H23N3S/c1-2-21-16-22-14-9-15-25-23(22)27(24(21)28)26(17-19-10-5-3-6-11-19)18-20-12-7-4-8-13-20/h3-16H,2,17-18H2,1H3. The van der Waals surface area contributed by atoms with Gasteiger partial charge in [-0.05, 0) is 41.3 Å². The van der Waals surface area contributed by atoms with Crippen LogP contribution in [-0.2, 0) is 19.5 Å². The summed E-state index contributed by atoms with van der Waals surface area (Å²) in [6.07, 6.45) is 2.73. The number of nitrogens with zero attached hydrogens (tertiary/aromatic N) is 3. The Morgan fingerprint density at radius 2 is 1.46 bits per heavy atom. The monoisotopic (exact) mass is 385 g/mol. The second kappa shape index (κ2) is 8.36. The molecule has 140 valence electrons. The average Bonchev–Trinajstić information content (AvgIpc) is 2.74. The van der Waals surface area contributed by atoms with Crippen molar-refractivity contribution in [1.29, 1.82) is 0 Å². The first-order valence-corrected chi connectivity index (χ1v) is 10.00. The van der Waals surface area contributed by atoms with Gasteiger partial charge >= 0.3 is 0 Å². The molecule has 0 N–H and O–H groups in total. The Kier molecular flexibility index (Phi) is 5.49. The van der Waals surface area contributed by atoms with Gasteiger partial charge in [0.2, 0.25) is 0 Å². The Bertz CT molecular complexity index is 1080. The van der Waals surface area contributed by atoms with Crippen LogP contribution in [0.1, 0.15) is 23.6 Å². The van der Waals surface area contributed by atoms with Crippen molar-refractivity contribution < 1.29 is 0 Å². The maximum atomic E-state index is 5.91. The van der Waals surface area contributed by atoms with Gasteiger partial charge in [-0.2, -0.15) is 0 Å². The largest absolute Gasteiger partial charge is 0.301 e. The summed E-state index contributed by atoms with van der Waals surface area (Å²) in [5.41, 5.74) is 4.55. The van der Waals surface area contributed by atoms with Crippen LogP contribution < -0.4 is 5.01 Å². The maximum Gasteiger partial charge on any atom is 0.159 e. The van der Waals surface area contributed by atoms with Crippen molar-refractivity contribution in [2.45, 2.75) is 26.4 Å². The number of rotatable bonds is 6. The van der Waals surface area contributed by atoms with Crippen LogP contribution in [0.3, 0.4) is 0 Å². The van der Waals surface area contributed by atoms with E-state index in [1.165, 1.54) is 16.7 Å². The van der Waals surface area contributed by atoms with Crippen molar-refractivity contribution in [2.24, 2.45) is 0 Å². The highest BCUT2D eigenvalue weighted by molar-refractivity contribution is 7.71. The van der Waals surface area contributed by atoms with Gasteiger partial charge < -0.3 is 5.01 Å². The smallest absolute Gasteiger partial charge is 0.159 e. The van der Waals surface area contributed by atoms with Gasteiger partial charge in [0.15, 0.2) is 5.65 Å². The van der Waals surface area contributed by atoms with E-state index in [9.17, 15) is 0 Å². The summed E-state index contributed by atoms with van der Waals surface area (Å²) < 4.78 is 2.96. The average molecular weight is 386 g/mol. The molecule has 0 aliphatic rings. The minimum absolute atomic E-state index is 0.753. The Morgan fingerprint density at radius 3 is 2.04 bits per heavy atom. The lowest BCUT2D eigenvalue weighted by molar-refractivity contribution is 0.578. The molecule has 3 nitrogen and oxygen atoms in total. The van der Waals surface area contributed by atoms with Crippen LogP contribution in [0.25, 0.3) is 11.0 Å². The van der Waals surface area contributed by atoms with Crippen molar-refractivity contribution in [3.63, 3.8) is 0 Å². The Balaban J connectivity index is 1.88. The van der Waals surface area contributed by atoms with E-state index < -0.39 is 0 Å². The number of pyridine rings is 2. The number of fused-ring (bicyclic) bond motifs is 1. The van der Waals surface area contributed by atoms with Gasteiger partial charge in [0, 0.05) is 11.6 Å². The van der Waals surface area contributed by atoms with E-state index in [0.29, 0.717) is 0 Å². The van der Waals surface area contributed by atoms with Crippen molar-refractivity contribution >= 4 is 23.3 Å². The van der Waals surface area contributed by atoms with Gasteiger partial charge in [0.05, 0.1) is 13.1 Å². The zero-order valence-corrected chi connectivity index (χ0v) is 16.8. The summed E-state index contributed by atoms with van der Waals surface area (Å²) >= 11 is 5.91. The zero-order chi connectivity index (χ0) is 19.3. The molecule has 28 heavy (non-hydrogen) atoms. The molecule has 0 atom stereocenters. The molecule has 0 amide bonds. The predicted octanol–water partition coefficient (Wildman–Crippen LogP) is 5.67. The fourth-order valence-electron chi connectivity index (χ4n) is 3.48. The van der Waals surface area contributed by atoms with Crippen molar-refractivity contribution in [3.05, 3.63) is 106 Å². The summed E-state index contributed by atoms with van der Waals surface area (Å²) in [5, 5.41) is 3.40. The summed E-state index contributed by atoms with van der Waals surface area (Å²) in [6, 6.07) is 27.3. The second-order valence-electron chi connectivity index (χ2n) is 6.85. The second-order valence-corrected chi connectivity index (χ2v) is 7.24. The fourth-order valence-corrected chi connectivity index (χ4v) is 3.89. The third kappa shape index (κ3) is 3.82. The Hall–Kier alpha value is -2.98. The molecule has 0 bridgehead atoms. The molecule has 4 heteroatoms. The summed E-state index contributed by atoms with van der Waals surface area (Å²) in [6.45, 7) is 3.65. The first-order chi connectivity index (χ1) is 13.8. The highest BCUT2D eigenvalue weighted by atomic mass is 32.1. The predicted molar refractivity (Wildman–Crippen MR) is 118 cm³/mol. The Labute approximate surface area is 170 Å². The maximum absolute atomic E-state index is 5.91. The minimum atomic E-state index is 0.753. The molecule has 0 saturated heterocycles. The van der Waals surface area contributed by atoms with E-state index in [2.05, 4.69) is 82.3 Å². The van der Waals surface area contributed by atoms with E-state index >= 15 is 0 Å². The first kappa shape index (κ1) is 18.4. The normalized spacial score (nSPS) is 10.9. The molecule has 0 unspecified atom stereocenters. The van der Waals surface area contributed by atoms with Crippen LogP contribution in [0.2, 0.25) is 0 Å². The lowest BCUT2D eigenvalue weighted by Gasteiger charge is -2.29. The molecule has 0 aliphatic heterocycles. The number of hydrogen-bond donors (Lipinski definition) is 0. The number of benzene rings is 2. The lowest BCUT2D eigenvalue weighted by atomic mass is 10.1. The Morgan fingerprint density at radius 1 is 0.857 bits per heavy atom. The van der Waals surface area contributed by atoms with Gasteiger partial charge in [0.1, 0.15) is 4.64 Å². The molecule has 4 rings (SSSR count). The summed E-state index contributed by atoms with van der Waals surface area (Å²) in [4.78, 5) is 4.68. The van der Waals surface area contributed by atoms with E-state index in [0.717, 1.165) is 35.2 Å². The van der Waals surface area contributed by atoms with E-state index in [1.54, 1.807) is 0 Å². The van der Waals surface area contributed by atoms with Crippen molar-refractivity contribution in [3.8, 4) is 0 Å². The van der Waals surface area contributed by atoms with Crippen LogP contribution in [0, 0.1) is 4.64 Å². The number of aryl methyl sites for hydroxylation is 1. The molecule has 2 aromatic heterocycles. The minimum Gasteiger partial charge on any atom is -0.301 e. The SMILES string of the molecule is CCc1cc2cccnc2n(N(Cc2ccccc2)Cc2ccccc2)c1=S. The van der Waals surface area contributed by atoms with Gasteiger partial charge in [-0.1, -0.05) is 79.8 Å². The highest BCUT2D eigenvalue weighted by Gasteiger charge is 2.14. The molecule has 2 aromatic carbocycles. The van der Waals surface area contributed by atoms with Crippen LogP contribution in [0.15, 0.2) is 85.1 Å². The zero-order valence-electron chi connectivity index (χ0n) is 16.0. The van der Waals surface area contributed by atoms with Crippen LogP contribution in [0.5, 0.6) is 0 Å². The summed E-state index contributed by atoms with van der Waals surface area (Å²) in [5.74, 6) is 0. The van der Waals surface area contributed by atoms with Gasteiger partial charge in [-0.3, -0.25) is 0 Å². The third-order valence-electron chi connectivity index (χ3n) is 4.89. The van der Waals surface area contributed by atoms with Gasteiger partial charge in [-0.25, -0.2) is 9.66 Å². The van der Waals surface area contributed by atoms with Crippen LogP contribution in [0.4, 0.5) is 0 Å². The van der Waals surface area contributed by atoms with Crippen molar-refractivity contribution in [2.75, 3.05) is 5.01 Å².